The van der Waals surface area contributed by atoms with Gasteiger partial charge in [-0.3, -0.25) is 4.79 Å². The number of aryl methyl sites for hydroxylation is 1. The summed E-state index contributed by atoms with van der Waals surface area (Å²) in [5.74, 6) is 1.53. The van der Waals surface area contributed by atoms with Crippen LogP contribution in [0.15, 0.2) is 66.7 Å². The second kappa shape index (κ2) is 9.42. The van der Waals surface area contributed by atoms with Gasteiger partial charge in [-0.2, -0.15) is 0 Å². The molecule has 0 bridgehead atoms. The molecule has 0 spiro atoms. The summed E-state index contributed by atoms with van der Waals surface area (Å²) in [5, 5.41) is 3.07. The van der Waals surface area contributed by atoms with Crippen LogP contribution in [0.2, 0.25) is 0 Å². The van der Waals surface area contributed by atoms with Crippen LogP contribution in [0.4, 0.5) is 5.82 Å². The third-order valence-corrected chi connectivity index (χ3v) is 6.01. The third kappa shape index (κ3) is 4.45. The molecule has 33 heavy (non-hydrogen) atoms. The normalized spacial score (nSPS) is 13.9. The number of hydrogen-bond donors (Lipinski definition) is 1. The topological polar surface area (TPSA) is 72.3 Å². The molecule has 0 radical (unpaired) electrons. The number of pyridine rings is 1. The monoisotopic (exact) mass is 441 g/mol. The van der Waals surface area contributed by atoms with E-state index in [-0.39, 0.29) is 5.91 Å². The first-order valence-corrected chi connectivity index (χ1v) is 11.3. The highest BCUT2D eigenvalue weighted by atomic mass is 16.5. The van der Waals surface area contributed by atoms with Crippen molar-refractivity contribution in [2.24, 2.45) is 7.05 Å². The van der Waals surface area contributed by atoms with Gasteiger partial charge in [0.05, 0.1) is 35.5 Å². The minimum atomic E-state index is -0.123. The second-order valence-electron chi connectivity index (χ2n) is 8.11. The molecule has 2 aromatic carbocycles. The van der Waals surface area contributed by atoms with E-state index in [1.807, 2.05) is 67.7 Å². The van der Waals surface area contributed by atoms with Crippen LogP contribution in [0.5, 0.6) is 0 Å². The fraction of sp³-hybridized carbons (Fsp3) is 0.269. The van der Waals surface area contributed by atoms with Crippen molar-refractivity contribution in [2.75, 3.05) is 37.7 Å². The van der Waals surface area contributed by atoms with Gasteiger partial charge in [0.15, 0.2) is 0 Å². The molecule has 5 rings (SSSR count). The lowest BCUT2D eigenvalue weighted by molar-refractivity contribution is 0.0952. The minimum Gasteiger partial charge on any atom is -0.378 e. The maximum absolute atomic E-state index is 13.2. The third-order valence-electron chi connectivity index (χ3n) is 6.01. The number of carbonyl (C=O) groups is 1. The fourth-order valence-electron chi connectivity index (χ4n) is 4.21. The number of hydrogen-bond acceptors (Lipinski definition) is 5. The fourth-order valence-corrected chi connectivity index (χ4v) is 4.21. The number of amides is 1. The first kappa shape index (κ1) is 21.2. The number of morpholine rings is 1. The molecule has 1 aliphatic heterocycles. The molecule has 7 nitrogen and oxygen atoms in total. The van der Waals surface area contributed by atoms with Crippen molar-refractivity contribution in [1.29, 1.82) is 0 Å². The van der Waals surface area contributed by atoms with Crippen LogP contribution in [0, 0.1) is 0 Å². The molecular formula is C26H27N5O2. The SMILES string of the molecule is Cn1c(CCNC(=O)c2ccc(-c3ccccc3)nc2N2CCOCC2)nc2ccccc21. The van der Waals surface area contributed by atoms with Gasteiger partial charge in [0.2, 0.25) is 0 Å². The Morgan fingerprint density at radius 3 is 2.52 bits per heavy atom. The van der Waals surface area contributed by atoms with Crippen LogP contribution in [0.25, 0.3) is 22.3 Å². The van der Waals surface area contributed by atoms with Gasteiger partial charge in [-0.1, -0.05) is 42.5 Å². The van der Waals surface area contributed by atoms with Gasteiger partial charge in [-0.15, -0.1) is 0 Å². The zero-order valence-corrected chi connectivity index (χ0v) is 18.7. The molecule has 0 unspecified atom stereocenters. The molecule has 168 valence electrons. The van der Waals surface area contributed by atoms with Crippen molar-refractivity contribution in [3.05, 3.63) is 78.1 Å². The van der Waals surface area contributed by atoms with Gasteiger partial charge in [-0.25, -0.2) is 9.97 Å². The van der Waals surface area contributed by atoms with E-state index in [2.05, 4.69) is 20.9 Å². The van der Waals surface area contributed by atoms with Crippen molar-refractivity contribution in [2.45, 2.75) is 6.42 Å². The van der Waals surface area contributed by atoms with Crippen LogP contribution >= 0.6 is 0 Å². The summed E-state index contributed by atoms with van der Waals surface area (Å²) in [6.45, 7) is 3.19. The minimum absolute atomic E-state index is 0.123. The molecule has 7 heteroatoms. The number of anilines is 1. The van der Waals surface area contributed by atoms with Crippen LogP contribution in [-0.2, 0) is 18.2 Å². The molecule has 1 N–H and O–H groups in total. The number of rotatable bonds is 6. The number of ether oxygens (including phenoxy) is 1. The van der Waals surface area contributed by atoms with Crippen molar-refractivity contribution in [1.82, 2.24) is 19.9 Å². The highest BCUT2D eigenvalue weighted by Gasteiger charge is 2.21. The second-order valence-corrected chi connectivity index (χ2v) is 8.11. The van der Waals surface area contributed by atoms with E-state index in [0.29, 0.717) is 50.7 Å². The first-order valence-electron chi connectivity index (χ1n) is 11.3. The molecule has 0 saturated carbocycles. The van der Waals surface area contributed by atoms with E-state index in [1.165, 1.54) is 0 Å². The van der Waals surface area contributed by atoms with Crippen molar-refractivity contribution >= 4 is 22.8 Å². The Balaban J connectivity index is 1.35. The van der Waals surface area contributed by atoms with Gasteiger partial charge in [0, 0.05) is 38.7 Å². The predicted molar refractivity (Wildman–Crippen MR) is 129 cm³/mol. The molecule has 1 fully saturated rings. The van der Waals surface area contributed by atoms with Crippen LogP contribution in [0.1, 0.15) is 16.2 Å². The standard InChI is InChI=1S/C26H27N5O2/c1-30-23-10-6-5-9-22(23)28-24(30)13-14-27-26(32)20-11-12-21(19-7-3-2-4-8-19)29-25(20)31-15-17-33-18-16-31/h2-12H,13-18H2,1H3,(H,27,32). The van der Waals surface area contributed by atoms with E-state index in [4.69, 9.17) is 14.7 Å². The Hall–Kier alpha value is -3.71. The molecule has 0 aliphatic carbocycles. The van der Waals surface area contributed by atoms with Gasteiger partial charge in [0.25, 0.3) is 5.91 Å². The van der Waals surface area contributed by atoms with Crippen LogP contribution in [-0.4, -0.2) is 53.3 Å². The summed E-state index contributed by atoms with van der Waals surface area (Å²) in [6.07, 6.45) is 0.652. The Bertz CT molecular complexity index is 1260. The summed E-state index contributed by atoms with van der Waals surface area (Å²) < 4.78 is 7.59. The average molecular weight is 442 g/mol. The molecule has 1 aliphatic rings. The Morgan fingerprint density at radius 1 is 0.970 bits per heavy atom. The lowest BCUT2D eigenvalue weighted by Gasteiger charge is -2.29. The highest BCUT2D eigenvalue weighted by Crippen LogP contribution is 2.25. The van der Waals surface area contributed by atoms with Gasteiger partial charge in [0.1, 0.15) is 11.6 Å². The number of aromatic nitrogens is 3. The van der Waals surface area contributed by atoms with Crippen LogP contribution < -0.4 is 10.2 Å². The summed E-state index contributed by atoms with van der Waals surface area (Å²) in [6, 6.07) is 21.9. The molecule has 2 aromatic heterocycles. The molecule has 1 saturated heterocycles. The van der Waals surface area contributed by atoms with Crippen LogP contribution in [0.3, 0.4) is 0 Å². The first-order chi connectivity index (χ1) is 16.2. The molecule has 4 aromatic rings. The highest BCUT2D eigenvalue weighted by molar-refractivity contribution is 5.99. The van der Waals surface area contributed by atoms with Crippen molar-refractivity contribution in [3.63, 3.8) is 0 Å². The smallest absolute Gasteiger partial charge is 0.255 e. The number of carbonyl (C=O) groups excluding carboxylic acids is 1. The zero-order chi connectivity index (χ0) is 22.6. The molecule has 1 amide bonds. The summed E-state index contributed by atoms with van der Waals surface area (Å²) in [5.41, 5.74) is 4.53. The number of fused-ring (bicyclic) bond motifs is 1. The summed E-state index contributed by atoms with van der Waals surface area (Å²) >= 11 is 0. The molecule has 3 heterocycles. The molecule has 0 atom stereocenters. The Kier molecular flexibility index (Phi) is 6.04. The number of benzene rings is 2. The number of para-hydroxylation sites is 2. The quantitative estimate of drug-likeness (QED) is 0.496. The molecular weight excluding hydrogens is 414 g/mol. The van der Waals surface area contributed by atoms with Gasteiger partial charge < -0.3 is 19.5 Å². The largest absolute Gasteiger partial charge is 0.378 e. The predicted octanol–water partition coefficient (Wildman–Crippen LogP) is 3.44. The summed E-state index contributed by atoms with van der Waals surface area (Å²) in [7, 11) is 2.01. The van der Waals surface area contributed by atoms with E-state index in [0.717, 1.165) is 28.1 Å². The number of imidazole rings is 1. The van der Waals surface area contributed by atoms with Gasteiger partial charge in [-0.05, 0) is 24.3 Å². The summed E-state index contributed by atoms with van der Waals surface area (Å²) in [4.78, 5) is 24.9. The van der Waals surface area contributed by atoms with Crippen molar-refractivity contribution in [3.8, 4) is 11.3 Å². The van der Waals surface area contributed by atoms with E-state index >= 15 is 0 Å². The van der Waals surface area contributed by atoms with E-state index in [1.54, 1.807) is 0 Å². The lowest BCUT2D eigenvalue weighted by atomic mass is 10.1. The Labute approximate surface area is 193 Å². The maximum Gasteiger partial charge on any atom is 0.255 e. The van der Waals surface area contributed by atoms with E-state index < -0.39 is 0 Å². The lowest BCUT2D eigenvalue weighted by Crippen LogP contribution is -2.38. The zero-order valence-electron chi connectivity index (χ0n) is 18.7. The van der Waals surface area contributed by atoms with Gasteiger partial charge >= 0.3 is 0 Å². The Morgan fingerprint density at radius 2 is 1.73 bits per heavy atom. The van der Waals surface area contributed by atoms with E-state index in [9.17, 15) is 4.79 Å². The average Bonchev–Trinajstić information content (AvgIpc) is 3.20. The number of nitrogens with one attached hydrogen (secondary N) is 1. The number of nitrogens with zero attached hydrogens (tertiary/aromatic N) is 4. The van der Waals surface area contributed by atoms with Crippen molar-refractivity contribution < 1.29 is 9.53 Å². The maximum atomic E-state index is 13.2.